The molecular formula is C4H10N2O2. The van der Waals surface area contributed by atoms with E-state index in [1.807, 2.05) is 0 Å². The van der Waals surface area contributed by atoms with E-state index in [0.717, 1.165) is 0 Å². The Kier molecular flexibility index (Phi) is 4.20. The Morgan fingerprint density at radius 1 is 1.88 bits per heavy atom. The lowest BCUT2D eigenvalue weighted by molar-refractivity contribution is -0.109. The van der Waals surface area contributed by atoms with Crippen LogP contribution in [0, 0.1) is 0 Å². The predicted octanol–water partition coefficient (Wildman–Crippen LogP) is -1.38. The zero-order valence-electron chi connectivity index (χ0n) is 4.72. The van der Waals surface area contributed by atoms with Crippen LogP contribution in [0.3, 0.4) is 0 Å². The molecule has 0 aliphatic rings. The molecule has 0 saturated heterocycles. The van der Waals surface area contributed by atoms with Gasteiger partial charge in [-0.1, -0.05) is 0 Å². The van der Waals surface area contributed by atoms with E-state index < -0.39 is 6.23 Å². The maximum absolute atomic E-state index is 9.55. The van der Waals surface area contributed by atoms with Crippen LogP contribution in [-0.2, 0) is 4.79 Å². The van der Waals surface area contributed by atoms with Crippen LogP contribution in [0.4, 0.5) is 0 Å². The van der Waals surface area contributed by atoms with Gasteiger partial charge in [-0.3, -0.25) is 10.1 Å². The molecule has 4 heteroatoms. The number of aliphatic hydroxyl groups is 1. The summed E-state index contributed by atoms with van der Waals surface area (Å²) in [6.45, 7) is 1.88. The van der Waals surface area contributed by atoms with Gasteiger partial charge < -0.3 is 10.4 Å². The molecular weight excluding hydrogens is 108 g/mol. The quantitative estimate of drug-likeness (QED) is 0.242. The van der Waals surface area contributed by atoms with Gasteiger partial charge in [0, 0.05) is 0 Å². The topological polar surface area (TPSA) is 61.4 Å². The number of amides is 1. The third-order valence-corrected chi connectivity index (χ3v) is 0.583. The number of hydrogen-bond donors (Lipinski definition) is 3. The van der Waals surface area contributed by atoms with Gasteiger partial charge in [-0.05, 0) is 6.92 Å². The van der Waals surface area contributed by atoms with Crippen LogP contribution in [0.15, 0.2) is 0 Å². The van der Waals surface area contributed by atoms with Crippen molar-refractivity contribution in [2.24, 2.45) is 0 Å². The Morgan fingerprint density at radius 3 is 2.88 bits per heavy atom. The molecule has 1 unspecified atom stereocenters. The van der Waals surface area contributed by atoms with Crippen molar-refractivity contribution in [1.29, 1.82) is 0 Å². The molecule has 0 aromatic rings. The van der Waals surface area contributed by atoms with E-state index in [-0.39, 0.29) is 0 Å². The van der Waals surface area contributed by atoms with Crippen LogP contribution in [-0.4, -0.2) is 24.4 Å². The first-order valence-electron chi connectivity index (χ1n) is 2.36. The lowest BCUT2D eigenvalue weighted by atomic mass is 10.7. The Bertz CT molecular complexity index is 65.1. The summed E-state index contributed by atoms with van der Waals surface area (Å²) in [6, 6.07) is 0. The van der Waals surface area contributed by atoms with Crippen LogP contribution in [0.1, 0.15) is 6.92 Å². The van der Waals surface area contributed by atoms with E-state index in [9.17, 15) is 4.79 Å². The third kappa shape index (κ3) is 5.39. The van der Waals surface area contributed by atoms with Crippen LogP contribution >= 0.6 is 0 Å². The molecule has 8 heavy (non-hydrogen) atoms. The first kappa shape index (κ1) is 7.39. The summed E-state index contributed by atoms with van der Waals surface area (Å²) in [4.78, 5) is 9.55. The number of hydrogen-bond acceptors (Lipinski definition) is 3. The molecule has 0 aliphatic heterocycles. The van der Waals surface area contributed by atoms with Gasteiger partial charge in [-0.25, -0.2) is 0 Å². The maximum Gasteiger partial charge on any atom is 0.208 e. The second-order valence-electron chi connectivity index (χ2n) is 1.38. The van der Waals surface area contributed by atoms with Crippen molar-refractivity contribution in [3.05, 3.63) is 0 Å². The fraction of sp³-hybridized carbons (Fsp3) is 0.750. The van der Waals surface area contributed by atoms with E-state index in [0.29, 0.717) is 13.1 Å². The number of carbonyl (C=O) groups is 1. The maximum atomic E-state index is 9.55. The van der Waals surface area contributed by atoms with Crippen LogP contribution in [0.5, 0.6) is 0 Å². The minimum Gasteiger partial charge on any atom is -0.379 e. The lowest BCUT2D eigenvalue weighted by Gasteiger charge is -2.03. The van der Waals surface area contributed by atoms with Crippen molar-refractivity contribution >= 4 is 6.41 Å². The molecule has 0 saturated carbocycles. The Morgan fingerprint density at radius 2 is 2.50 bits per heavy atom. The molecule has 1 atom stereocenters. The molecule has 0 radical (unpaired) electrons. The summed E-state index contributed by atoms with van der Waals surface area (Å²) in [5.74, 6) is 0. The van der Waals surface area contributed by atoms with Crippen molar-refractivity contribution in [1.82, 2.24) is 10.6 Å². The summed E-state index contributed by atoms with van der Waals surface area (Å²) >= 11 is 0. The predicted molar refractivity (Wildman–Crippen MR) is 28.9 cm³/mol. The van der Waals surface area contributed by atoms with Gasteiger partial charge in [0.15, 0.2) is 0 Å². The first-order chi connectivity index (χ1) is 3.77. The lowest BCUT2D eigenvalue weighted by Crippen LogP contribution is -2.34. The summed E-state index contributed by atoms with van der Waals surface area (Å²) in [6.07, 6.45) is -0.00231. The van der Waals surface area contributed by atoms with Crippen molar-refractivity contribution < 1.29 is 9.90 Å². The Hall–Kier alpha value is -0.610. The zero-order chi connectivity index (χ0) is 6.41. The SMILES string of the molecule is CC(O)NCNC=O. The number of aliphatic hydroxyl groups excluding tert-OH is 1. The highest BCUT2D eigenvalue weighted by molar-refractivity contribution is 5.45. The number of rotatable bonds is 4. The van der Waals surface area contributed by atoms with E-state index in [4.69, 9.17) is 5.11 Å². The normalized spacial score (nSPS) is 12.8. The summed E-state index contributed by atoms with van der Waals surface area (Å²) < 4.78 is 0. The third-order valence-electron chi connectivity index (χ3n) is 0.583. The molecule has 0 aromatic heterocycles. The Labute approximate surface area is 47.9 Å². The molecule has 48 valence electrons. The van der Waals surface area contributed by atoms with Gasteiger partial charge in [-0.15, -0.1) is 0 Å². The highest BCUT2D eigenvalue weighted by atomic mass is 16.3. The van der Waals surface area contributed by atoms with Gasteiger partial charge in [0.1, 0.15) is 6.23 Å². The standard InChI is InChI=1S/C4H10N2O2/c1-4(8)6-2-5-3-7/h3-4,6,8H,2H2,1H3,(H,5,7). The summed E-state index contributed by atoms with van der Waals surface area (Å²) in [7, 11) is 0. The van der Waals surface area contributed by atoms with Gasteiger partial charge in [-0.2, -0.15) is 0 Å². The van der Waals surface area contributed by atoms with E-state index >= 15 is 0 Å². The van der Waals surface area contributed by atoms with Crippen LogP contribution < -0.4 is 10.6 Å². The Balaban J connectivity index is 2.81. The average Bonchev–Trinajstić information content (AvgIpc) is 1.66. The minimum absolute atomic E-state index is 0.307. The molecule has 0 rings (SSSR count). The smallest absolute Gasteiger partial charge is 0.208 e. The first-order valence-corrected chi connectivity index (χ1v) is 2.36. The second kappa shape index (κ2) is 4.55. The fourth-order valence-electron chi connectivity index (χ4n) is 0.248. The van der Waals surface area contributed by atoms with Gasteiger partial charge in [0.25, 0.3) is 0 Å². The van der Waals surface area contributed by atoms with E-state index in [1.54, 1.807) is 6.92 Å². The molecule has 1 amide bonds. The molecule has 0 heterocycles. The molecule has 4 nitrogen and oxygen atoms in total. The fourth-order valence-corrected chi connectivity index (χ4v) is 0.248. The summed E-state index contributed by atoms with van der Waals surface area (Å²) in [5, 5.41) is 13.4. The molecule has 3 N–H and O–H groups in total. The van der Waals surface area contributed by atoms with E-state index in [2.05, 4.69) is 10.6 Å². The second-order valence-corrected chi connectivity index (χ2v) is 1.38. The molecule has 0 spiro atoms. The largest absolute Gasteiger partial charge is 0.379 e. The van der Waals surface area contributed by atoms with Crippen LogP contribution in [0.2, 0.25) is 0 Å². The zero-order valence-corrected chi connectivity index (χ0v) is 4.72. The van der Waals surface area contributed by atoms with Crippen LogP contribution in [0.25, 0.3) is 0 Å². The molecule has 0 aliphatic carbocycles. The number of carbonyl (C=O) groups excluding carboxylic acids is 1. The van der Waals surface area contributed by atoms with Crippen molar-refractivity contribution in [2.75, 3.05) is 6.67 Å². The average molecular weight is 118 g/mol. The van der Waals surface area contributed by atoms with Crippen molar-refractivity contribution in [3.63, 3.8) is 0 Å². The van der Waals surface area contributed by atoms with Gasteiger partial charge >= 0.3 is 0 Å². The summed E-state index contributed by atoms with van der Waals surface area (Å²) in [5.41, 5.74) is 0. The highest BCUT2D eigenvalue weighted by Gasteiger charge is 1.87. The molecule has 0 aromatic carbocycles. The molecule has 0 bridgehead atoms. The highest BCUT2D eigenvalue weighted by Crippen LogP contribution is 1.64. The molecule has 0 fully saturated rings. The van der Waals surface area contributed by atoms with Crippen molar-refractivity contribution in [3.8, 4) is 0 Å². The number of nitrogens with one attached hydrogen (secondary N) is 2. The van der Waals surface area contributed by atoms with E-state index in [1.165, 1.54) is 0 Å². The van der Waals surface area contributed by atoms with Gasteiger partial charge in [0.05, 0.1) is 6.67 Å². The monoisotopic (exact) mass is 118 g/mol. The van der Waals surface area contributed by atoms with Gasteiger partial charge in [0.2, 0.25) is 6.41 Å². The van der Waals surface area contributed by atoms with Crippen molar-refractivity contribution in [2.45, 2.75) is 13.2 Å². The minimum atomic E-state index is -0.567.